The molecule has 1 heterocycles. The molecule has 0 unspecified atom stereocenters. The Kier molecular flexibility index (Phi) is 2.00. The average molecular weight is 208 g/mol. The van der Waals surface area contributed by atoms with E-state index < -0.39 is 0 Å². The van der Waals surface area contributed by atoms with E-state index in [4.69, 9.17) is 0 Å². The van der Waals surface area contributed by atoms with Gasteiger partial charge in [0.25, 0.3) is 0 Å². The van der Waals surface area contributed by atoms with Crippen LogP contribution < -0.4 is 0 Å². The van der Waals surface area contributed by atoms with Crippen LogP contribution in [0.15, 0.2) is 48.7 Å². The van der Waals surface area contributed by atoms with Crippen molar-refractivity contribution in [2.24, 2.45) is 0 Å². The monoisotopic (exact) mass is 208 g/mol. The molecule has 2 heteroatoms. The quantitative estimate of drug-likeness (QED) is 0.651. The van der Waals surface area contributed by atoms with Crippen LogP contribution in [-0.4, -0.2) is 10.2 Å². The van der Waals surface area contributed by atoms with E-state index in [2.05, 4.69) is 53.5 Å². The predicted octanol–water partition coefficient (Wildman–Crippen LogP) is 3.54. The van der Waals surface area contributed by atoms with Crippen molar-refractivity contribution in [1.29, 1.82) is 0 Å². The molecular formula is C14H12N2. The topological polar surface area (TPSA) is 28.7 Å². The van der Waals surface area contributed by atoms with Crippen molar-refractivity contribution < 1.29 is 0 Å². The van der Waals surface area contributed by atoms with E-state index in [0.717, 1.165) is 5.69 Å². The summed E-state index contributed by atoms with van der Waals surface area (Å²) in [7, 11) is 0. The number of H-pyrrole nitrogens is 1. The molecule has 16 heavy (non-hydrogen) atoms. The minimum Gasteiger partial charge on any atom is -0.278 e. The van der Waals surface area contributed by atoms with Gasteiger partial charge in [0.15, 0.2) is 0 Å². The zero-order chi connectivity index (χ0) is 11.0. The van der Waals surface area contributed by atoms with Crippen LogP contribution in [-0.2, 0) is 0 Å². The van der Waals surface area contributed by atoms with Gasteiger partial charge in [0.05, 0.1) is 5.69 Å². The molecule has 0 fully saturated rings. The minimum atomic E-state index is 1.07. The smallest absolute Gasteiger partial charge is 0.0656 e. The van der Waals surface area contributed by atoms with Crippen molar-refractivity contribution in [3.05, 3.63) is 54.2 Å². The standard InChI is InChI=1S/C14H12N2/c1-10-5-6-11-3-2-4-12(13(11)9-10)14-7-8-15-16-14/h2-9H,1H3,(H,15,16). The van der Waals surface area contributed by atoms with Crippen LogP contribution in [0.4, 0.5) is 0 Å². The highest BCUT2D eigenvalue weighted by Gasteiger charge is 2.04. The van der Waals surface area contributed by atoms with Gasteiger partial charge in [-0.15, -0.1) is 0 Å². The maximum atomic E-state index is 4.00. The summed E-state index contributed by atoms with van der Waals surface area (Å²) in [5.74, 6) is 0. The van der Waals surface area contributed by atoms with Crippen LogP contribution in [0.25, 0.3) is 22.0 Å². The van der Waals surface area contributed by atoms with E-state index in [0.29, 0.717) is 0 Å². The van der Waals surface area contributed by atoms with Crippen LogP contribution in [0.5, 0.6) is 0 Å². The molecule has 0 spiro atoms. The van der Waals surface area contributed by atoms with Crippen molar-refractivity contribution in [3.8, 4) is 11.3 Å². The summed E-state index contributed by atoms with van der Waals surface area (Å²) in [6.07, 6.45) is 1.78. The van der Waals surface area contributed by atoms with Gasteiger partial charge in [0, 0.05) is 11.8 Å². The molecule has 0 saturated carbocycles. The highest BCUT2D eigenvalue weighted by Crippen LogP contribution is 2.27. The predicted molar refractivity (Wildman–Crippen MR) is 66.3 cm³/mol. The third kappa shape index (κ3) is 1.39. The molecular weight excluding hydrogens is 196 g/mol. The number of fused-ring (bicyclic) bond motifs is 1. The molecule has 0 atom stereocenters. The average Bonchev–Trinajstić information content (AvgIpc) is 2.81. The number of aryl methyl sites for hydroxylation is 1. The van der Waals surface area contributed by atoms with Gasteiger partial charge in [0.1, 0.15) is 0 Å². The highest BCUT2D eigenvalue weighted by molar-refractivity contribution is 5.96. The van der Waals surface area contributed by atoms with Gasteiger partial charge in [-0.2, -0.15) is 5.10 Å². The molecule has 2 aromatic carbocycles. The fourth-order valence-corrected chi connectivity index (χ4v) is 2.03. The normalized spacial score (nSPS) is 10.8. The lowest BCUT2D eigenvalue weighted by Gasteiger charge is -2.05. The lowest BCUT2D eigenvalue weighted by molar-refractivity contribution is 1.10. The maximum absolute atomic E-state index is 4.00. The van der Waals surface area contributed by atoms with E-state index in [1.165, 1.54) is 21.9 Å². The van der Waals surface area contributed by atoms with Crippen LogP contribution in [0.2, 0.25) is 0 Å². The first-order valence-corrected chi connectivity index (χ1v) is 5.34. The molecule has 0 bridgehead atoms. The SMILES string of the molecule is Cc1ccc2cccc(-c3ccn[nH]3)c2c1. The summed E-state index contributed by atoms with van der Waals surface area (Å²) in [4.78, 5) is 0. The Morgan fingerprint density at radius 3 is 2.81 bits per heavy atom. The Labute approximate surface area is 93.9 Å². The summed E-state index contributed by atoms with van der Waals surface area (Å²) in [6, 6.07) is 14.8. The van der Waals surface area contributed by atoms with Gasteiger partial charge in [-0.25, -0.2) is 0 Å². The largest absolute Gasteiger partial charge is 0.278 e. The van der Waals surface area contributed by atoms with Gasteiger partial charge < -0.3 is 0 Å². The molecule has 0 aliphatic heterocycles. The Balaban J connectivity index is 2.36. The number of aromatic amines is 1. The second-order valence-corrected chi connectivity index (χ2v) is 4.00. The number of rotatable bonds is 1. The van der Waals surface area contributed by atoms with E-state index >= 15 is 0 Å². The van der Waals surface area contributed by atoms with Crippen LogP contribution in [0.3, 0.4) is 0 Å². The summed E-state index contributed by atoms with van der Waals surface area (Å²) < 4.78 is 0. The molecule has 0 saturated heterocycles. The molecule has 3 rings (SSSR count). The lowest BCUT2D eigenvalue weighted by atomic mass is 10.0. The van der Waals surface area contributed by atoms with Crippen molar-refractivity contribution >= 4 is 10.8 Å². The number of hydrogen-bond donors (Lipinski definition) is 1. The minimum absolute atomic E-state index is 1.07. The first-order chi connectivity index (χ1) is 7.84. The number of hydrogen-bond acceptors (Lipinski definition) is 1. The summed E-state index contributed by atoms with van der Waals surface area (Å²) in [6.45, 7) is 2.11. The van der Waals surface area contributed by atoms with Crippen molar-refractivity contribution in [3.63, 3.8) is 0 Å². The van der Waals surface area contributed by atoms with Crippen LogP contribution >= 0.6 is 0 Å². The van der Waals surface area contributed by atoms with Crippen molar-refractivity contribution in [2.45, 2.75) is 6.92 Å². The number of nitrogens with zero attached hydrogens (tertiary/aromatic N) is 1. The van der Waals surface area contributed by atoms with Crippen molar-refractivity contribution in [1.82, 2.24) is 10.2 Å². The second-order valence-electron chi connectivity index (χ2n) is 4.00. The molecule has 78 valence electrons. The lowest BCUT2D eigenvalue weighted by Crippen LogP contribution is -1.82. The third-order valence-corrected chi connectivity index (χ3v) is 2.83. The van der Waals surface area contributed by atoms with E-state index in [1.807, 2.05) is 6.07 Å². The molecule has 1 N–H and O–H groups in total. The summed E-state index contributed by atoms with van der Waals surface area (Å²) in [5.41, 5.74) is 3.55. The molecule has 3 aromatic rings. The van der Waals surface area contributed by atoms with Gasteiger partial charge in [0.2, 0.25) is 0 Å². The molecule has 1 aromatic heterocycles. The molecule has 0 amide bonds. The Morgan fingerprint density at radius 2 is 2.00 bits per heavy atom. The fourth-order valence-electron chi connectivity index (χ4n) is 2.03. The van der Waals surface area contributed by atoms with E-state index in [-0.39, 0.29) is 0 Å². The van der Waals surface area contributed by atoms with Gasteiger partial charge in [-0.05, 0) is 23.8 Å². The maximum Gasteiger partial charge on any atom is 0.0656 e. The molecule has 0 aliphatic rings. The van der Waals surface area contributed by atoms with Crippen LogP contribution in [0.1, 0.15) is 5.56 Å². The Morgan fingerprint density at radius 1 is 1.06 bits per heavy atom. The van der Waals surface area contributed by atoms with E-state index in [9.17, 15) is 0 Å². The summed E-state index contributed by atoms with van der Waals surface area (Å²) >= 11 is 0. The number of benzene rings is 2. The first kappa shape index (κ1) is 9.16. The zero-order valence-corrected chi connectivity index (χ0v) is 9.07. The Bertz CT molecular complexity index is 624. The van der Waals surface area contributed by atoms with E-state index in [1.54, 1.807) is 6.20 Å². The van der Waals surface area contributed by atoms with Gasteiger partial charge >= 0.3 is 0 Å². The van der Waals surface area contributed by atoms with Crippen molar-refractivity contribution in [2.75, 3.05) is 0 Å². The van der Waals surface area contributed by atoms with Gasteiger partial charge in [-0.3, -0.25) is 5.10 Å². The van der Waals surface area contributed by atoms with Crippen LogP contribution in [0, 0.1) is 6.92 Å². The number of nitrogens with one attached hydrogen (secondary N) is 1. The second kappa shape index (κ2) is 3.49. The zero-order valence-electron chi connectivity index (χ0n) is 9.07. The number of aromatic nitrogens is 2. The fraction of sp³-hybridized carbons (Fsp3) is 0.0714. The molecule has 0 aliphatic carbocycles. The molecule has 0 radical (unpaired) electrons. The third-order valence-electron chi connectivity index (χ3n) is 2.83. The highest BCUT2D eigenvalue weighted by atomic mass is 15.1. The first-order valence-electron chi connectivity index (χ1n) is 5.34. The summed E-state index contributed by atoms with van der Waals surface area (Å²) in [5, 5.41) is 9.55. The molecule has 2 nitrogen and oxygen atoms in total. The Hall–Kier alpha value is -2.09. The van der Waals surface area contributed by atoms with Gasteiger partial charge in [-0.1, -0.05) is 42.0 Å².